The lowest BCUT2D eigenvalue weighted by atomic mass is 9.92. The molecule has 0 saturated carbocycles. The quantitative estimate of drug-likeness (QED) is 0.810. The van der Waals surface area contributed by atoms with Crippen LogP contribution in [0.15, 0.2) is 18.2 Å². The molecule has 6 heteroatoms. The molecule has 6 nitrogen and oxygen atoms in total. The van der Waals surface area contributed by atoms with Crippen LogP contribution in [0.1, 0.15) is 42.5 Å². The number of hydrogen-bond acceptors (Lipinski definition) is 4. The van der Waals surface area contributed by atoms with E-state index in [-0.39, 0.29) is 11.8 Å². The summed E-state index contributed by atoms with van der Waals surface area (Å²) in [5.74, 6) is 1.65. The van der Waals surface area contributed by atoms with Crippen molar-refractivity contribution in [2.75, 3.05) is 40.4 Å². The number of carbonyl (C=O) groups is 2. The van der Waals surface area contributed by atoms with Crippen molar-refractivity contribution in [1.82, 2.24) is 9.80 Å². The second-order valence-electron chi connectivity index (χ2n) is 7.07. The largest absolute Gasteiger partial charge is 0.493 e. The van der Waals surface area contributed by atoms with Crippen LogP contribution in [0.5, 0.6) is 11.5 Å². The van der Waals surface area contributed by atoms with Crippen molar-refractivity contribution in [3.8, 4) is 11.5 Å². The molecule has 0 atom stereocenters. The summed E-state index contributed by atoms with van der Waals surface area (Å²) in [6.07, 6.45) is 4.61. The molecule has 2 aliphatic rings. The minimum Gasteiger partial charge on any atom is -0.493 e. The smallest absolute Gasteiger partial charge is 0.257 e. The zero-order valence-electron chi connectivity index (χ0n) is 15.7. The standard InChI is InChI=1S/C20H28N2O4/c1-25-17-7-5-6-16(19(17)26-2)20(24)22-12-8-15(9-13-22)14-18(23)21-10-3-4-11-21/h5-7,15H,3-4,8-14H2,1-2H3. The van der Waals surface area contributed by atoms with Crippen LogP contribution in [-0.4, -0.2) is 62.0 Å². The van der Waals surface area contributed by atoms with Crippen molar-refractivity contribution in [3.63, 3.8) is 0 Å². The average molecular weight is 360 g/mol. The van der Waals surface area contributed by atoms with Crippen molar-refractivity contribution < 1.29 is 19.1 Å². The lowest BCUT2D eigenvalue weighted by Gasteiger charge is -2.32. The van der Waals surface area contributed by atoms with Crippen LogP contribution in [-0.2, 0) is 4.79 Å². The SMILES string of the molecule is COc1cccc(C(=O)N2CCC(CC(=O)N3CCCC3)CC2)c1OC. The molecule has 26 heavy (non-hydrogen) atoms. The van der Waals surface area contributed by atoms with Crippen molar-refractivity contribution in [1.29, 1.82) is 0 Å². The van der Waals surface area contributed by atoms with E-state index in [1.807, 2.05) is 9.80 Å². The summed E-state index contributed by atoms with van der Waals surface area (Å²) in [6.45, 7) is 3.17. The Morgan fingerprint density at radius 1 is 1.00 bits per heavy atom. The Bertz CT molecular complexity index is 647. The van der Waals surface area contributed by atoms with Crippen LogP contribution >= 0.6 is 0 Å². The predicted molar refractivity (Wildman–Crippen MR) is 98.6 cm³/mol. The Hall–Kier alpha value is -2.24. The maximum Gasteiger partial charge on any atom is 0.257 e. The number of likely N-dealkylation sites (tertiary alicyclic amines) is 2. The lowest BCUT2D eigenvalue weighted by molar-refractivity contribution is -0.131. The fraction of sp³-hybridized carbons (Fsp3) is 0.600. The highest BCUT2D eigenvalue weighted by atomic mass is 16.5. The molecule has 2 saturated heterocycles. The highest BCUT2D eigenvalue weighted by Gasteiger charge is 2.29. The number of rotatable bonds is 5. The summed E-state index contributed by atoms with van der Waals surface area (Å²) in [5, 5.41) is 0. The van der Waals surface area contributed by atoms with Crippen LogP contribution < -0.4 is 9.47 Å². The Morgan fingerprint density at radius 2 is 1.69 bits per heavy atom. The van der Waals surface area contributed by atoms with E-state index in [1.165, 1.54) is 0 Å². The van der Waals surface area contributed by atoms with Gasteiger partial charge in [0.15, 0.2) is 11.5 Å². The van der Waals surface area contributed by atoms with Crippen LogP contribution in [0.3, 0.4) is 0 Å². The van der Waals surface area contributed by atoms with Crippen molar-refractivity contribution in [2.24, 2.45) is 5.92 Å². The molecule has 0 spiro atoms. The molecule has 0 radical (unpaired) electrons. The van der Waals surface area contributed by atoms with Crippen LogP contribution in [0.2, 0.25) is 0 Å². The Morgan fingerprint density at radius 3 is 2.31 bits per heavy atom. The Balaban J connectivity index is 1.58. The Kier molecular flexibility index (Phi) is 6.01. The molecule has 1 aromatic carbocycles. The first kappa shape index (κ1) is 18.5. The van der Waals surface area contributed by atoms with Gasteiger partial charge in [-0.1, -0.05) is 6.07 Å². The number of methoxy groups -OCH3 is 2. The molecule has 2 aliphatic heterocycles. The summed E-state index contributed by atoms with van der Waals surface area (Å²) < 4.78 is 10.7. The number of carbonyl (C=O) groups excluding carboxylic acids is 2. The molecular formula is C20H28N2O4. The summed E-state index contributed by atoms with van der Waals surface area (Å²) >= 11 is 0. The van der Waals surface area contributed by atoms with E-state index in [4.69, 9.17) is 9.47 Å². The van der Waals surface area contributed by atoms with Crippen molar-refractivity contribution >= 4 is 11.8 Å². The zero-order chi connectivity index (χ0) is 18.5. The van der Waals surface area contributed by atoms with E-state index in [1.54, 1.807) is 32.4 Å². The fourth-order valence-electron chi connectivity index (χ4n) is 3.91. The molecule has 2 fully saturated rings. The summed E-state index contributed by atoms with van der Waals surface area (Å²) in [4.78, 5) is 29.1. The molecule has 0 aromatic heterocycles. The van der Waals surface area contributed by atoms with Gasteiger partial charge in [0.1, 0.15) is 0 Å². The summed E-state index contributed by atoms with van der Waals surface area (Å²) in [7, 11) is 3.11. The number of benzene rings is 1. The predicted octanol–water partition coefficient (Wildman–Crippen LogP) is 2.57. The Labute approximate surface area is 155 Å². The van der Waals surface area contributed by atoms with Gasteiger partial charge in [-0.3, -0.25) is 9.59 Å². The maximum absolute atomic E-state index is 12.9. The van der Waals surface area contributed by atoms with Gasteiger partial charge in [-0.15, -0.1) is 0 Å². The third-order valence-corrected chi connectivity index (χ3v) is 5.46. The minimum atomic E-state index is -0.0370. The van der Waals surface area contributed by atoms with Gasteiger partial charge < -0.3 is 19.3 Å². The van der Waals surface area contributed by atoms with Gasteiger partial charge in [0.2, 0.25) is 5.91 Å². The molecular weight excluding hydrogens is 332 g/mol. The third kappa shape index (κ3) is 3.94. The molecule has 2 amide bonds. The van der Waals surface area contributed by atoms with Gasteiger partial charge in [0, 0.05) is 32.6 Å². The monoisotopic (exact) mass is 360 g/mol. The highest BCUT2D eigenvalue weighted by molar-refractivity contribution is 5.97. The van der Waals surface area contributed by atoms with Gasteiger partial charge >= 0.3 is 0 Å². The number of nitrogens with zero attached hydrogens (tertiary/aromatic N) is 2. The van der Waals surface area contributed by atoms with E-state index >= 15 is 0 Å². The lowest BCUT2D eigenvalue weighted by Crippen LogP contribution is -2.40. The summed E-state index contributed by atoms with van der Waals surface area (Å²) in [6, 6.07) is 5.36. The highest BCUT2D eigenvalue weighted by Crippen LogP contribution is 2.32. The third-order valence-electron chi connectivity index (χ3n) is 5.46. The first-order valence-corrected chi connectivity index (χ1v) is 9.42. The van der Waals surface area contributed by atoms with Gasteiger partial charge in [-0.05, 0) is 43.7 Å². The number of para-hydroxylation sites is 1. The van der Waals surface area contributed by atoms with E-state index in [2.05, 4.69) is 0 Å². The van der Waals surface area contributed by atoms with Crippen molar-refractivity contribution in [3.05, 3.63) is 23.8 Å². The van der Waals surface area contributed by atoms with E-state index < -0.39 is 0 Å². The molecule has 2 heterocycles. The summed E-state index contributed by atoms with van der Waals surface area (Å²) in [5.41, 5.74) is 0.526. The minimum absolute atomic E-state index is 0.0370. The number of piperidine rings is 1. The molecule has 0 N–H and O–H groups in total. The number of ether oxygens (including phenoxy) is 2. The first-order valence-electron chi connectivity index (χ1n) is 9.42. The molecule has 3 rings (SSSR count). The maximum atomic E-state index is 12.9. The van der Waals surface area contributed by atoms with Gasteiger partial charge in [0.05, 0.1) is 19.8 Å². The molecule has 142 valence electrons. The molecule has 0 bridgehead atoms. The molecule has 1 aromatic rings. The number of hydrogen-bond donors (Lipinski definition) is 0. The normalized spacial score (nSPS) is 18.1. The average Bonchev–Trinajstić information content (AvgIpc) is 3.22. The fourth-order valence-corrected chi connectivity index (χ4v) is 3.91. The second kappa shape index (κ2) is 8.43. The first-order chi connectivity index (χ1) is 12.6. The zero-order valence-corrected chi connectivity index (χ0v) is 15.7. The van der Waals surface area contributed by atoms with Crippen LogP contribution in [0.25, 0.3) is 0 Å². The molecule has 0 aliphatic carbocycles. The molecule has 0 unspecified atom stereocenters. The van der Waals surface area contributed by atoms with E-state index in [0.29, 0.717) is 42.5 Å². The topological polar surface area (TPSA) is 59.1 Å². The van der Waals surface area contributed by atoms with Crippen LogP contribution in [0, 0.1) is 5.92 Å². The van der Waals surface area contributed by atoms with Gasteiger partial charge in [-0.2, -0.15) is 0 Å². The van der Waals surface area contributed by atoms with Crippen molar-refractivity contribution in [2.45, 2.75) is 32.1 Å². The van der Waals surface area contributed by atoms with E-state index in [0.717, 1.165) is 38.8 Å². The second-order valence-corrected chi connectivity index (χ2v) is 7.07. The van der Waals surface area contributed by atoms with E-state index in [9.17, 15) is 9.59 Å². The number of amides is 2. The van der Waals surface area contributed by atoms with Crippen LogP contribution in [0.4, 0.5) is 0 Å². The van der Waals surface area contributed by atoms with Gasteiger partial charge in [0.25, 0.3) is 5.91 Å². The van der Waals surface area contributed by atoms with Gasteiger partial charge in [-0.25, -0.2) is 0 Å².